The smallest absolute Gasteiger partial charge is 0.291 e. The topological polar surface area (TPSA) is 87.8 Å². The SMILES string of the molecule is CCn1nc(-c2cccc(C#N)c2)c(C(C)=O)c(Nc2cc(F)cc(F)c2)c1=O. The largest absolute Gasteiger partial charge is 0.350 e. The van der Waals surface area contributed by atoms with Crippen LogP contribution in [0.4, 0.5) is 20.2 Å². The zero-order chi connectivity index (χ0) is 21.1. The van der Waals surface area contributed by atoms with Gasteiger partial charge in [-0.3, -0.25) is 9.59 Å². The van der Waals surface area contributed by atoms with Crippen molar-refractivity contribution in [3.63, 3.8) is 0 Å². The monoisotopic (exact) mass is 394 g/mol. The molecule has 8 heteroatoms. The molecule has 0 aliphatic carbocycles. The molecule has 0 atom stereocenters. The van der Waals surface area contributed by atoms with Gasteiger partial charge in [0.15, 0.2) is 5.78 Å². The van der Waals surface area contributed by atoms with E-state index in [0.29, 0.717) is 17.2 Å². The summed E-state index contributed by atoms with van der Waals surface area (Å²) in [5.41, 5.74) is 0.210. The second kappa shape index (κ2) is 8.02. The third-order valence-corrected chi connectivity index (χ3v) is 4.20. The highest BCUT2D eigenvalue weighted by Gasteiger charge is 2.22. The van der Waals surface area contributed by atoms with Gasteiger partial charge in [-0.1, -0.05) is 12.1 Å². The summed E-state index contributed by atoms with van der Waals surface area (Å²) in [7, 11) is 0. The lowest BCUT2D eigenvalue weighted by Crippen LogP contribution is -2.28. The summed E-state index contributed by atoms with van der Waals surface area (Å²) in [6.45, 7) is 3.17. The third-order valence-electron chi connectivity index (χ3n) is 4.20. The molecule has 0 bridgehead atoms. The molecule has 0 saturated carbocycles. The molecule has 0 saturated heterocycles. The van der Waals surface area contributed by atoms with E-state index in [1.807, 2.05) is 6.07 Å². The second-order valence-corrected chi connectivity index (χ2v) is 6.25. The minimum Gasteiger partial charge on any atom is -0.350 e. The maximum absolute atomic E-state index is 13.6. The predicted octanol–water partition coefficient (Wildman–Crippen LogP) is 4.03. The predicted molar refractivity (Wildman–Crippen MR) is 104 cm³/mol. The molecule has 0 fully saturated rings. The van der Waals surface area contributed by atoms with Crippen LogP contribution in [0.1, 0.15) is 29.8 Å². The molecule has 3 rings (SSSR count). The van der Waals surface area contributed by atoms with Gasteiger partial charge in [0, 0.05) is 23.9 Å². The van der Waals surface area contributed by atoms with Crippen molar-refractivity contribution in [1.82, 2.24) is 9.78 Å². The van der Waals surface area contributed by atoms with E-state index in [9.17, 15) is 18.4 Å². The van der Waals surface area contributed by atoms with Gasteiger partial charge in [0.1, 0.15) is 23.0 Å². The Labute approximate surface area is 165 Å². The Bertz CT molecular complexity index is 1190. The van der Waals surface area contributed by atoms with Crippen LogP contribution in [0.2, 0.25) is 0 Å². The van der Waals surface area contributed by atoms with Crippen molar-refractivity contribution < 1.29 is 13.6 Å². The van der Waals surface area contributed by atoms with Crippen LogP contribution in [0.25, 0.3) is 11.3 Å². The molecule has 29 heavy (non-hydrogen) atoms. The van der Waals surface area contributed by atoms with Gasteiger partial charge in [0.05, 0.1) is 17.2 Å². The molecule has 1 aromatic heterocycles. The number of benzene rings is 2. The number of anilines is 2. The lowest BCUT2D eigenvalue weighted by molar-refractivity contribution is 0.101. The van der Waals surface area contributed by atoms with Gasteiger partial charge in [-0.05, 0) is 38.1 Å². The fourth-order valence-corrected chi connectivity index (χ4v) is 2.95. The van der Waals surface area contributed by atoms with E-state index < -0.39 is 23.0 Å². The summed E-state index contributed by atoms with van der Waals surface area (Å²) in [5.74, 6) is -2.12. The molecule has 6 nitrogen and oxygen atoms in total. The number of hydrogen-bond donors (Lipinski definition) is 1. The quantitative estimate of drug-likeness (QED) is 0.660. The van der Waals surface area contributed by atoms with Crippen molar-refractivity contribution in [1.29, 1.82) is 5.26 Å². The van der Waals surface area contributed by atoms with E-state index in [1.54, 1.807) is 31.2 Å². The van der Waals surface area contributed by atoms with Crippen LogP contribution in [0.5, 0.6) is 0 Å². The number of ketones is 1. The number of rotatable bonds is 5. The Morgan fingerprint density at radius 1 is 1.21 bits per heavy atom. The Kier molecular flexibility index (Phi) is 5.50. The molecule has 0 unspecified atom stereocenters. The normalized spacial score (nSPS) is 10.4. The van der Waals surface area contributed by atoms with Gasteiger partial charge in [0.2, 0.25) is 0 Å². The van der Waals surface area contributed by atoms with Gasteiger partial charge in [-0.25, -0.2) is 13.5 Å². The van der Waals surface area contributed by atoms with Gasteiger partial charge < -0.3 is 5.32 Å². The highest BCUT2D eigenvalue weighted by molar-refractivity contribution is 6.05. The number of nitrogens with zero attached hydrogens (tertiary/aromatic N) is 3. The molecule has 0 aliphatic rings. The van der Waals surface area contributed by atoms with E-state index in [0.717, 1.165) is 16.8 Å². The van der Waals surface area contributed by atoms with Crippen LogP contribution in [-0.4, -0.2) is 15.6 Å². The Morgan fingerprint density at radius 2 is 1.90 bits per heavy atom. The van der Waals surface area contributed by atoms with Crippen LogP contribution in [0.15, 0.2) is 47.3 Å². The van der Waals surface area contributed by atoms with Crippen molar-refractivity contribution in [2.45, 2.75) is 20.4 Å². The Balaban J connectivity index is 2.30. The molecule has 1 heterocycles. The Morgan fingerprint density at radius 3 is 2.48 bits per heavy atom. The first-order chi connectivity index (χ1) is 13.8. The summed E-state index contributed by atoms with van der Waals surface area (Å²) in [4.78, 5) is 25.3. The summed E-state index contributed by atoms with van der Waals surface area (Å²) in [6.07, 6.45) is 0. The van der Waals surface area contributed by atoms with Crippen LogP contribution >= 0.6 is 0 Å². The highest BCUT2D eigenvalue weighted by atomic mass is 19.1. The molecule has 146 valence electrons. The number of Topliss-reactive ketones (excluding diaryl/α,β-unsaturated/α-hetero) is 1. The first-order valence-electron chi connectivity index (χ1n) is 8.73. The zero-order valence-electron chi connectivity index (χ0n) is 15.7. The van der Waals surface area contributed by atoms with Crippen molar-refractivity contribution in [3.05, 3.63) is 75.6 Å². The maximum Gasteiger partial charge on any atom is 0.291 e. The molecular formula is C21H16F2N4O2. The molecule has 3 aromatic rings. The van der Waals surface area contributed by atoms with Crippen LogP contribution < -0.4 is 10.9 Å². The molecule has 0 spiro atoms. The fraction of sp³-hybridized carbons (Fsp3) is 0.143. The number of hydrogen-bond acceptors (Lipinski definition) is 5. The van der Waals surface area contributed by atoms with Crippen molar-refractivity contribution in [2.24, 2.45) is 0 Å². The first-order valence-corrected chi connectivity index (χ1v) is 8.73. The summed E-state index contributed by atoms with van der Waals surface area (Å²) < 4.78 is 28.3. The van der Waals surface area contributed by atoms with E-state index in [2.05, 4.69) is 10.4 Å². The molecule has 1 N–H and O–H groups in total. The number of nitrogens with one attached hydrogen (secondary N) is 1. The summed E-state index contributed by atoms with van der Waals surface area (Å²) >= 11 is 0. The number of nitriles is 1. The van der Waals surface area contributed by atoms with E-state index in [-0.39, 0.29) is 29.2 Å². The molecule has 0 aliphatic heterocycles. The van der Waals surface area contributed by atoms with Gasteiger partial charge in [-0.15, -0.1) is 0 Å². The molecule has 0 radical (unpaired) electrons. The van der Waals surface area contributed by atoms with E-state index >= 15 is 0 Å². The first kappa shape index (κ1) is 19.9. The van der Waals surface area contributed by atoms with Crippen molar-refractivity contribution in [2.75, 3.05) is 5.32 Å². The van der Waals surface area contributed by atoms with Crippen LogP contribution in [0, 0.1) is 23.0 Å². The second-order valence-electron chi connectivity index (χ2n) is 6.25. The fourth-order valence-electron chi connectivity index (χ4n) is 2.95. The standard InChI is InChI=1S/C21H16F2N4O2/c1-3-27-21(29)20(25-17-9-15(22)8-16(23)10-17)18(12(2)28)19(26-27)14-6-4-5-13(7-14)11-24/h4-10,25H,3H2,1-2H3. The molecule has 0 amide bonds. The highest BCUT2D eigenvalue weighted by Crippen LogP contribution is 2.28. The Hall–Kier alpha value is -3.86. The average Bonchev–Trinajstić information content (AvgIpc) is 2.68. The van der Waals surface area contributed by atoms with Crippen LogP contribution in [0.3, 0.4) is 0 Å². The van der Waals surface area contributed by atoms with E-state index in [1.165, 1.54) is 6.92 Å². The number of carbonyl (C=O) groups excluding carboxylic acids is 1. The lowest BCUT2D eigenvalue weighted by atomic mass is 10.0. The van der Waals surface area contributed by atoms with E-state index in [4.69, 9.17) is 5.26 Å². The van der Waals surface area contributed by atoms with Crippen LogP contribution in [-0.2, 0) is 6.54 Å². The number of carbonyl (C=O) groups is 1. The minimum atomic E-state index is -0.830. The lowest BCUT2D eigenvalue weighted by Gasteiger charge is -2.16. The number of aromatic nitrogens is 2. The van der Waals surface area contributed by atoms with Crippen molar-refractivity contribution in [3.8, 4) is 17.3 Å². The van der Waals surface area contributed by atoms with Gasteiger partial charge >= 0.3 is 0 Å². The average molecular weight is 394 g/mol. The maximum atomic E-state index is 13.6. The van der Waals surface area contributed by atoms with Gasteiger partial charge in [0.25, 0.3) is 5.56 Å². The minimum absolute atomic E-state index is 0.0207. The number of aryl methyl sites for hydroxylation is 1. The zero-order valence-corrected chi connectivity index (χ0v) is 15.7. The molecular weight excluding hydrogens is 378 g/mol. The number of halogens is 2. The van der Waals surface area contributed by atoms with Gasteiger partial charge in [-0.2, -0.15) is 10.4 Å². The summed E-state index contributed by atoms with van der Waals surface area (Å²) in [5, 5.41) is 16.1. The van der Waals surface area contributed by atoms with Crippen molar-refractivity contribution >= 4 is 17.2 Å². The molecule has 2 aromatic carbocycles. The summed E-state index contributed by atoms with van der Waals surface area (Å²) in [6, 6.07) is 11.2. The third kappa shape index (κ3) is 4.04.